The largest absolute Gasteiger partial charge is 0.497 e. The third-order valence-corrected chi connectivity index (χ3v) is 10.6. The van der Waals surface area contributed by atoms with Crippen molar-refractivity contribution in [1.82, 2.24) is 14.1 Å². The van der Waals surface area contributed by atoms with Crippen LogP contribution in [0, 0.1) is 5.92 Å². The van der Waals surface area contributed by atoms with Gasteiger partial charge in [-0.2, -0.15) is 11.8 Å². The summed E-state index contributed by atoms with van der Waals surface area (Å²) in [6, 6.07) is 0.744. The molecular formula is C26H41N3O4S2. The molecule has 0 N–H and O–H groups in total. The van der Waals surface area contributed by atoms with Crippen molar-refractivity contribution in [1.29, 1.82) is 0 Å². The molecule has 35 heavy (non-hydrogen) atoms. The van der Waals surface area contributed by atoms with Crippen molar-refractivity contribution in [3.63, 3.8) is 0 Å². The summed E-state index contributed by atoms with van der Waals surface area (Å²) in [5, 5.41) is 0. The van der Waals surface area contributed by atoms with Gasteiger partial charge < -0.3 is 14.4 Å². The molecule has 0 aromatic rings. The molecule has 4 rings (SSSR count). The molecular weight excluding hydrogens is 482 g/mol. The van der Waals surface area contributed by atoms with Gasteiger partial charge in [0, 0.05) is 61.1 Å². The number of amides is 1. The number of ether oxygens (including phenoxy) is 2. The molecule has 4 aliphatic rings. The van der Waals surface area contributed by atoms with Crippen LogP contribution < -0.4 is 0 Å². The van der Waals surface area contributed by atoms with E-state index in [1.165, 1.54) is 25.7 Å². The van der Waals surface area contributed by atoms with Gasteiger partial charge in [-0.1, -0.05) is 25.8 Å². The predicted molar refractivity (Wildman–Crippen MR) is 143 cm³/mol. The highest BCUT2D eigenvalue weighted by atomic mass is 32.2. The lowest BCUT2D eigenvalue weighted by molar-refractivity contribution is -0.138. The van der Waals surface area contributed by atoms with Crippen LogP contribution in [0.4, 0.5) is 0 Å². The molecule has 7 nitrogen and oxygen atoms in total. The molecule has 2 heterocycles. The summed E-state index contributed by atoms with van der Waals surface area (Å²) in [5.41, 5.74) is 0.988. The molecule has 0 aromatic heterocycles. The van der Waals surface area contributed by atoms with E-state index in [0.29, 0.717) is 6.61 Å². The van der Waals surface area contributed by atoms with E-state index in [4.69, 9.17) is 9.47 Å². The number of hydrogen-bond acceptors (Lipinski definition) is 6. The van der Waals surface area contributed by atoms with Crippen LogP contribution in [0.5, 0.6) is 0 Å². The second kappa shape index (κ2) is 12.9. The van der Waals surface area contributed by atoms with Crippen molar-refractivity contribution in [3.8, 4) is 0 Å². The Hall–Kier alpha value is -1.13. The molecule has 0 spiro atoms. The molecule has 1 amide bonds. The van der Waals surface area contributed by atoms with Crippen molar-refractivity contribution in [2.45, 2.75) is 51.6 Å². The van der Waals surface area contributed by atoms with Gasteiger partial charge in [-0.25, -0.2) is 8.51 Å². The van der Waals surface area contributed by atoms with Gasteiger partial charge in [0.2, 0.25) is 5.91 Å². The van der Waals surface area contributed by atoms with Crippen LogP contribution in [0.3, 0.4) is 0 Å². The Balaban J connectivity index is 1.29. The highest BCUT2D eigenvalue weighted by molar-refractivity contribution is 7.99. The standard InChI is InChI=1S/C26H41N3O4S2/c1-20-8-9-24(32-3)16-21(2)26(20)35(31)29-14-15-34-19-23(29)17-33-18-25(30)28-12-10-27(11-13-28)22-6-4-5-7-22/h8-9,16,20,22-23H,4-7,10-15,17-19H2,1-3H3. The van der Waals surface area contributed by atoms with Gasteiger partial charge in [0.05, 0.1) is 19.8 Å². The number of rotatable bonds is 8. The Morgan fingerprint density at radius 3 is 2.63 bits per heavy atom. The molecule has 0 radical (unpaired) electrons. The summed E-state index contributed by atoms with van der Waals surface area (Å²) >= 11 is 1.86. The molecule has 0 aromatic carbocycles. The van der Waals surface area contributed by atoms with Crippen LogP contribution in [-0.2, 0) is 25.3 Å². The molecule has 1 saturated carbocycles. The summed E-state index contributed by atoms with van der Waals surface area (Å²) < 4.78 is 27.2. The van der Waals surface area contributed by atoms with E-state index in [2.05, 4.69) is 16.1 Å². The molecule has 0 bridgehead atoms. The predicted octanol–water partition coefficient (Wildman–Crippen LogP) is 3.18. The van der Waals surface area contributed by atoms with Crippen molar-refractivity contribution in [2.24, 2.45) is 5.92 Å². The van der Waals surface area contributed by atoms with Crippen LogP contribution in [0.25, 0.3) is 0 Å². The minimum absolute atomic E-state index is 0.0206. The van der Waals surface area contributed by atoms with Crippen molar-refractivity contribution < 1.29 is 18.5 Å². The fourth-order valence-corrected chi connectivity index (χ4v) is 8.43. The molecule has 196 valence electrons. The number of thioether (sulfide) groups is 1. The van der Waals surface area contributed by atoms with E-state index >= 15 is 0 Å². The van der Waals surface area contributed by atoms with Crippen LogP contribution in [-0.4, -0.2) is 101 Å². The number of carbonyl (C=O) groups excluding carboxylic acids is 1. The van der Waals surface area contributed by atoms with Gasteiger partial charge in [0.15, 0.2) is 0 Å². The second-order valence-corrected chi connectivity index (χ2v) is 12.5. The van der Waals surface area contributed by atoms with Crippen LogP contribution in [0.2, 0.25) is 0 Å². The first-order valence-electron chi connectivity index (χ1n) is 13.0. The zero-order chi connectivity index (χ0) is 24.8. The molecule has 9 heteroatoms. The number of nitrogens with zero attached hydrogens (tertiary/aromatic N) is 3. The maximum Gasteiger partial charge on any atom is 0.248 e. The molecule has 3 atom stereocenters. The summed E-state index contributed by atoms with van der Waals surface area (Å²) in [5.74, 6) is 2.71. The minimum atomic E-state index is -1.27. The van der Waals surface area contributed by atoms with Crippen molar-refractivity contribution in [3.05, 3.63) is 34.5 Å². The SMILES string of the molecule is COC1=CC(C)=C(S(=O)N2CCSCC2COCC(=O)N2CCN(C3CCCC3)CC2)C(C)C=C1. The van der Waals surface area contributed by atoms with E-state index in [-0.39, 0.29) is 24.5 Å². The molecule has 3 fully saturated rings. The Kier molecular flexibility index (Phi) is 9.92. The zero-order valence-electron chi connectivity index (χ0n) is 21.4. The lowest BCUT2D eigenvalue weighted by Crippen LogP contribution is -2.52. The van der Waals surface area contributed by atoms with Gasteiger partial charge in [0.1, 0.15) is 23.4 Å². The highest BCUT2D eigenvalue weighted by Crippen LogP contribution is 2.31. The summed E-state index contributed by atoms with van der Waals surface area (Å²) in [6.07, 6.45) is 11.3. The van der Waals surface area contributed by atoms with E-state index in [9.17, 15) is 9.00 Å². The van der Waals surface area contributed by atoms with Gasteiger partial charge in [0.25, 0.3) is 0 Å². The summed E-state index contributed by atoms with van der Waals surface area (Å²) in [4.78, 5) is 18.2. The number of allylic oxidation sites excluding steroid dienone is 5. The van der Waals surface area contributed by atoms with E-state index in [1.54, 1.807) is 7.11 Å². The Labute approximate surface area is 217 Å². The molecule has 2 aliphatic carbocycles. The number of hydrogen-bond donors (Lipinski definition) is 0. The maximum absolute atomic E-state index is 13.7. The highest BCUT2D eigenvalue weighted by Gasteiger charge is 2.33. The lowest BCUT2D eigenvalue weighted by atomic mass is 10.1. The lowest BCUT2D eigenvalue weighted by Gasteiger charge is -2.38. The van der Waals surface area contributed by atoms with Gasteiger partial charge in [-0.3, -0.25) is 9.69 Å². The van der Waals surface area contributed by atoms with Crippen LogP contribution in [0.15, 0.2) is 34.5 Å². The smallest absolute Gasteiger partial charge is 0.248 e. The van der Waals surface area contributed by atoms with E-state index < -0.39 is 11.0 Å². The summed E-state index contributed by atoms with van der Waals surface area (Å²) in [6.45, 7) is 8.89. The maximum atomic E-state index is 13.7. The fourth-order valence-electron chi connectivity index (χ4n) is 5.54. The first kappa shape index (κ1) is 26.9. The van der Waals surface area contributed by atoms with Crippen LogP contribution >= 0.6 is 11.8 Å². The fraction of sp³-hybridized carbons (Fsp3) is 0.731. The molecule has 3 unspecified atom stereocenters. The van der Waals surface area contributed by atoms with Gasteiger partial charge >= 0.3 is 0 Å². The number of methoxy groups -OCH3 is 1. The third kappa shape index (κ3) is 6.80. The monoisotopic (exact) mass is 523 g/mol. The number of piperazine rings is 1. The molecule has 2 aliphatic heterocycles. The molecule has 2 saturated heterocycles. The average Bonchev–Trinajstić information content (AvgIpc) is 3.37. The Morgan fingerprint density at radius 1 is 1.17 bits per heavy atom. The number of carbonyl (C=O) groups is 1. The second-order valence-electron chi connectivity index (χ2n) is 9.93. The minimum Gasteiger partial charge on any atom is -0.497 e. The average molecular weight is 524 g/mol. The summed E-state index contributed by atoms with van der Waals surface area (Å²) in [7, 11) is 0.387. The van der Waals surface area contributed by atoms with Gasteiger partial charge in [-0.15, -0.1) is 0 Å². The van der Waals surface area contributed by atoms with Crippen molar-refractivity contribution in [2.75, 3.05) is 64.6 Å². The van der Waals surface area contributed by atoms with Gasteiger partial charge in [-0.05, 0) is 37.5 Å². The Bertz CT molecular complexity index is 861. The van der Waals surface area contributed by atoms with Crippen LogP contribution in [0.1, 0.15) is 39.5 Å². The first-order chi connectivity index (χ1) is 17.0. The third-order valence-electron chi connectivity index (χ3n) is 7.56. The van der Waals surface area contributed by atoms with E-state index in [1.807, 2.05) is 41.8 Å². The quantitative estimate of drug-likeness (QED) is 0.487. The van der Waals surface area contributed by atoms with Crippen molar-refractivity contribution >= 4 is 28.7 Å². The normalized spacial score (nSPS) is 28.2. The van der Waals surface area contributed by atoms with E-state index in [0.717, 1.165) is 66.5 Å². The first-order valence-corrected chi connectivity index (χ1v) is 15.2. The Morgan fingerprint density at radius 2 is 1.91 bits per heavy atom. The topological polar surface area (TPSA) is 62.3 Å². The zero-order valence-corrected chi connectivity index (χ0v) is 23.1.